The van der Waals surface area contributed by atoms with E-state index in [-0.39, 0.29) is 18.2 Å². The van der Waals surface area contributed by atoms with Gasteiger partial charge in [-0.1, -0.05) is 11.8 Å². The molecule has 0 saturated heterocycles. The van der Waals surface area contributed by atoms with Gasteiger partial charge in [-0.2, -0.15) is 0 Å². The van der Waals surface area contributed by atoms with E-state index in [1.807, 2.05) is 36.6 Å². The van der Waals surface area contributed by atoms with Gasteiger partial charge in [-0.05, 0) is 56.9 Å². The Bertz CT molecular complexity index is 679. The lowest BCUT2D eigenvalue weighted by Crippen LogP contribution is -2.40. The summed E-state index contributed by atoms with van der Waals surface area (Å²) in [7, 11) is 0. The molecule has 1 fully saturated rings. The molecule has 3 N–H and O–H groups in total. The Labute approximate surface area is 149 Å². The molecule has 1 aliphatic rings. The highest BCUT2D eigenvalue weighted by Crippen LogP contribution is 2.30. The van der Waals surface area contributed by atoms with Crippen LogP contribution in [0.5, 0.6) is 0 Å². The molecule has 0 radical (unpaired) electrons. The maximum absolute atomic E-state index is 12.0. The van der Waals surface area contributed by atoms with Gasteiger partial charge in [0.15, 0.2) is 4.34 Å². The third kappa shape index (κ3) is 4.96. The zero-order chi connectivity index (χ0) is 16.9. The molecule has 2 aromatic rings. The predicted octanol–water partition coefficient (Wildman–Crippen LogP) is 4.03. The highest BCUT2D eigenvalue weighted by molar-refractivity contribution is 8.01. The molecule has 7 heteroatoms. The summed E-state index contributed by atoms with van der Waals surface area (Å²) in [6.07, 6.45) is 2.97. The van der Waals surface area contributed by atoms with Crippen molar-refractivity contribution in [1.82, 2.24) is 10.3 Å². The van der Waals surface area contributed by atoms with Crippen molar-refractivity contribution in [3.8, 4) is 0 Å². The fourth-order valence-corrected chi connectivity index (χ4v) is 4.47. The summed E-state index contributed by atoms with van der Waals surface area (Å²) in [6.45, 7) is 1.99. The molecular weight excluding hydrogens is 342 g/mol. The molecule has 1 saturated carbocycles. The molecule has 5 nitrogen and oxygen atoms in total. The van der Waals surface area contributed by atoms with E-state index in [0.29, 0.717) is 0 Å². The van der Waals surface area contributed by atoms with Crippen molar-refractivity contribution in [3.63, 3.8) is 0 Å². The highest BCUT2D eigenvalue weighted by Gasteiger charge is 2.20. The molecular formula is C17H21N3O2S2. The van der Waals surface area contributed by atoms with Gasteiger partial charge in [0.25, 0.3) is 0 Å². The zero-order valence-electron chi connectivity index (χ0n) is 13.5. The number of benzene rings is 1. The summed E-state index contributed by atoms with van der Waals surface area (Å²) in [5.74, 6) is 0. The second-order valence-electron chi connectivity index (χ2n) is 5.99. The van der Waals surface area contributed by atoms with Crippen molar-refractivity contribution in [2.75, 3.05) is 5.32 Å². The van der Waals surface area contributed by atoms with Crippen LogP contribution in [-0.4, -0.2) is 28.3 Å². The fourth-order valence-electron chi connectivity index (χ4n) is 2.66. The molecule has 0 unspecified atom stereocenters. The molecule has 1 heterocycles. The fraction of sp³-hybridized carbons (Fsp3) is 0.412. The number of anilines is 1. The van der Waals surface area contributed by atoms with Gasteiger partial charge in [0.2, 0.25) is 0 Å². The van der Waals surface area contributed by atoms with Gasteiger partial charge in [-0.3, -0.25) is 0 Å². The average Bonchev–Trinajstić information content (AvgIpc) is 2.96. The molecule has 1 aromatic carbocycles. The van der Waals surface area contributed by atoms with Gasteiger partial charge >= 0.3 is 6.03 Å². The lowest BCUT2D eigenvalue weighted by molar-refractivity contribution is 0.118. The number of thiazole rings is 1. The molecule has 0 bridgehead atoms. The smallest absolute Gasteiger partial charge is 0.319 e. The van der Waals surface area contributed by atoms with Crippen LogP contribution in [0.3, 0.4) is 0 Å². The van der Waals surface area contributed by atoms with Gasteiger partial charge in [-0.25, -0.2) is 9.78 Å². The quantitative estimate of drug-likeness (QED) is 0.767. The minimum absolute atomic E-state index is 0.149. The number of hydrogen-bond donors (Lipinski definition) is 3. The topological polar surface area (TPSA) is 74.2 Å². The number of aliphatic hydroxyl groups is 1. The molecule has 0 aliphatic heterocycles. The summed E-state index contributed by atoms with van der Waals surface area (Å²) in [5, 5.41) is 17.4. The van der Waals surface area contributed by atoms with Gasteiger partial charge in [0.1, 0.15) is 0 Å². The van der Waals surface area contributed by atoms with Crippen LogP contribution >= 0.6 is 23.1 Å². The molecule has 3 rings (SSSR count). The summed E-state index contributed by atoms with van der Waals surface area (Å²) in [5.41, 5.74) is 1.80. The molecule has 0 spiro atoms. The number of rotatable bonds is 4. The zero-order valence-corrected chi connectivity index (χ0v) is 15.1. The maximum Gasteiger partial charge on any atom is 0.319 e. The SMILES string of the molecule is Cc1csc(Sc2ccc(NC(=O)NC3CCC(O)CC3)cc2)n1. The Morgan fingerprint density at radius 2 is 1.96 bits per heavy atom. The van der Waals surface area contributed by atoms with E-state index in [1.54, 1.807) is 23.1 Å². The second-order valence-corrected chi connectivity index (χ2v) is 8.16. The average molecular weight is 364 g/mol. The number of nitrogens with one attached hydrogen (secondary N) is 2. The number of amides is 2. The Morgan fingerprint density at radius 1 is 1.25 bits per heavy atom. The van der Waals surface area contributed by atoms with Crippen LogP contribution in [0.25, 0.3) is 0 Å². The summed E-state index contributed by atoms with van der Waals surface area (Å²) in [4.78, 5) is 17.6. The number of carbonyl (C=O) groups excluding carboxylic acids is 1. The number of aromatic nitrogens is 1. The van der Waals surface area contributed by atoms with E-state index in [0.717, 1.165) is 46.3 Å². The molecule has 24 heavy (non-hydrogen) atoms. The summed E-state index contributed by atoms with van der Waals surface area (Å²) in [6, 6.07) is 7.71. The number of aliphatic hydroxyl groups excluding tert-OH is 1. The van der Waals surface area contributed by atoms with Crippen molar-refractivity contribution in [2.24, 2.45) is 0 Å². The Kier molecular flexibility index (Phi) is 5.76. The third-order valence-electron chi connectivity index (χ3n) is 3.95. The predicted molar refractivity (Wildman–Crippen MR) is 97.8 cm³/mol. The van der Waals surface area contributed by atoms with Crippen molar-refractivity contribution < 1.29 is 9.90 Å². The van der Waals surface area contributed by atoms with Crippen molar-refractivity contribution >= 4 is 34.8 Å². The van der Waals surface area contributed by atoms with E-state index in [4.69, 9.17) is 0 Å². The van der Waals surface area contributed by atoms with E-state index in [2.05, 4.69) is 15.6 Å². The maximum atomic E-state index is 12.0. The molecule has 1 aliphatic carbocycles. The Balaban J connectivity index is 1.49. The van der Waals surface area contributed by atoms with Crippen LogP contribution in [-0.2, 0) is 0 Å². The minimum Gasteiger partial charge on any atom is -0.393 e. The first-order valence-corrected chi connectivity index (χ1v) is 9.74. The molecule has 1 aromatic heterocycles. The monoisotopic (exact) mass is 363 g/mol. The summed E-state index contributed by atoms with van der Waals surface area (Å²) < 4.78 is 1.02. The van der Waals surface area contributed by atoms with Gasteiger partial charge in [0, 0.05) is 27.7 Å². The molecule has 0 atom stereocenters. The van der Waals surface area contributed by atoms with Gasteiger partial charge in [0.05, 0.1) is 6.10 Å². The Morgan fingerprint density at radius 3 is 2.58 bits per heavy atom. The Hall–Kier alpha value is -1.57. The number of urea groups is 1. The summed E-state index contributed by atoms with van der Waals surface area (Å²) >= 11 is 3.25. The first-order chi connectivity index (χ1) is 11.6. The van der Waals surface area contributed by atoms with Crippen LogP contribution in [0.2, 0.25) is 0 Å². The normalized spacial score (nSPS) is 20.6. The number of hydrogen-bond acceptors (Lipinski definition) is 5. The lowest BCUT2D eigenvalue weighted by atomic mass is 9.93. The largest absolute Gasteiger partial charge is 0.393 e. The van der Waals surface area contributed by atoms with Crippen LogP contribution in [0.1, 0.15) is 31.4 Å². The molecule has 128 valence electrons. The van der Waals surface area contributed by atoms with Crippen LogP contribution in [0, 0.1) is 6.92 Å². The van der Waals surface area contributed by atoms with Crippen molar-refractivity contribution in [2.45, 2.75) is 54.0 Å². The lowest BCUT2D eigenvalue weighted by Gasteiger charge is -2.26. The minimum atomic E-state index is -0.210. The second kappa shape index (κ2) is 8.00. The van der Waals surface area contributed by atoms with Crippen LogP contribution in [0.4, 0.5) is 10.5 Å². The van der Waals surface area contributed by atoms with E-state index < -0.39 is 0 Å². The van der Waals surface area contributed by atoms with E-state index in [1.165, 1.54) is 0 Å². The first-order valence-electron chi connectivity index (χ1n) is 8.04. The van der Waals surface area contributed by atoms with E-state index in [9.17, 15) is 9.90 Å². The van der Waals surface area contributed by atoms with Crippen LogP contribution < -0.4 is 10.6 Å². The van der Waals surface area contributed by atoms with Crippen molar-refractivity contribution in [3.05, 3.63) is 35.3 Å². The first kappa shape index (κ1) is 17.3. The van der Waals surface area contributed by atoms with Crippen molar-refractivity contribution in [1.29, 1.82) is 0 Å². The van der Waals surface area contributed by atoms with Gasteiger partial charge < -0.3 is 15.7 Å². The molecule has 2 amide bonds. The highest BCUT2D eigenvalue weighted by atomic mass is 32.2. The number of carbonyl (C=O) groups is 1. The third-order valence-corrected chi connectivity index (χ3v) is 6.01. The van der Waals surface area contributed by atoms with E-state index >= 15 is 0 Å². The van der Waals surface area contributed by atoms with Gasteiger partial charge in [-0.15, -0.1) is 11.3 Å². The number of nitrogens with zero attached hydrogens (tertiary/aromatic N) is 1. The number of aryl methyl sites for hydroxylation is 1. The van der Waals surface area contributed by atoms with Crippen LogP contribution in [0.15, 0.2) is 38.9 Å². The standard InChI is InChI=1S/C17H21N3O2S2/c1-11-10-23-17(18-11)24-15-8-4-13(5-9-15)20-16(22)19-12-2-6-14(21)7-3-12/h4-5,8-10,12,14,21H,2-3,6-7H2,1H3,(H2,19,20,22).